The molecule has 0 radical (unpaired) electrons. The van der Waals surface area contributed by atoms with E-state index in [1.54, 1.807) is 24.3 Å². The standard InChI is InChI=1S/C12H13NO6/c1-17-9-2-4-10(5-3-9)19-11(14)12(6-7-12)8-18-13(15)16/h2-5H,6-8H2,1H3. The summed E-state index contributed by atoms with van der Waals surface area (Å²) in [5.41, 5.74) is -0.868. The van der Waals surface area contributed by atoms with Crippen molar-refractivity contribution in [1.29, 1.82) is 0 Å². The van der Waals surface area contributed by atoms with Crippen LogP contribution in [0.1, 0.15) is 12.8 Å². The number of nitrogens with zero attached hydrogens (tertiary/aromatic N) is 1. The third-order valence-electron chi connectivity index (χ3n) is 3.00. The van der Waals surface area contributed by atoms with Gasteiger partial charge in [0.15, 0.2) is 0 Å². The molecule has 19 heavy (non-hydrogen) atoms. The first-order valence-electron chi connectivity index (χ1n) is 5.69. The van der Waals surface area contributed by atoms with E-state index < -0.39 is 16.5 Å². The molecule has 1 aromatic carbocycles. The molecule has 0 aliphatic heterocycles. The Labute approximate surface area is 109 Å². The van der Waals surface area contributed by atoms with Crippen molar-refractivity contribution in [2.75, 3.05) is 13.7 Å². The molecule has 0 heterocycles. The molecule has 7 nitrogen and oxygen atoms in total. The summed E-state index contributed by atoms with van der Waals surface area (Å²) in [6.45, 7) is -0.255. The lowest BCUT2D eigenvalue weighted by atomic mass is 10.1. The van der Waals surface area contributed by atoms with E-state index in [0.717, 1.165) is 0 Å². The summed E-state index contributed by atoms with van der Waals surface area (Å²) in [7, 11) is 1.54. The maximum absolute atomic E-state index is 11.9. The molecule has 102 valence electrons. The SMILES string of the molecule is COc1ccc(OC(=O)C2(CO[N+](=O)[O-])CC2)cc1. The summed E-state index contributed by atoms with van der Waals surface area (Å²) in [5, 5.41) is 9.24. The number of rotatable bonds is 6. The predicted molar refractivity (Wildman–Crippen MR) is 63.2 cm³/mol. The molecule has 0 aromatic heterocycles. The summed E-state index contributed by atoms with van der Waals surface area (Å²) in [6.07, 6.45) is 1.08. The van der Waals surface area contributed by atoms with Crippen LogP contribution in [0.4, 0.5) is 0 Å². The van der Waals surface area contributed by atoms with Crippen molar-refractivity contribution in [3.05, 3.63) is 34.4 Å². The topological polar surface area (TPSA) is 87.9 Å². The molecule has 0 saturated heterocycles. The van der Waals surface area contributed by atoms with E-state index in [4.69, 9.17) is 9.47 Å². The van der Waals surface area contributed by atoms with Gasteiger partial charge in [-0.25, -0.2) is 0 Å². The highest BCUT2D eigenvalue weighted by Crippen LogP contribution is 2.47. The number of hydrogen-bond donors (Lipinski definition) is 0. The molecule has 0 atom stereocenters. The van der Waals surface area contributed by atoms with Crippen molar-refractivity contribution >= 4 is 5.97 Å². The highest BCUT2D eigenvalue weighted by atomic mass is 16.9. The third kappa shape index (κ3) is 3.12. The van der Waals surface area contributed by atoms with Crippen LogP contribution < -0.4 is 9.47 Å². The highest BCUT2D eigenvalue weighted by Gasteiger charge is 2.52. The minimum absolute atomic E-state index is 0.255. The van der Waals surface area contributed by atoms with Gasteiger partial charge in [-0.05, 0) is 37.1 Å². The van der Waals surface area contributed by atoms with Gasteiger partial charge in [0.25, 0.3) is 5.09 Å². The van der Waals surface area contributed by atoms with Crippen LogP contribution in [0.25, 0.3) is 0 Å². The van der Waals surface area contributed by atoms with Crippen molar-refractivity contribution in [2.45, 2.75) is 12.8 Å². The fourth-order valence-corrected chi connectivity index (χ4v) is 1.59. The average molecular weight is 267 g/mol. The first kappa shape index (κ1) is 13.1. The summed E-state index contributed by atoms with van der Waals surface area (Å²) in [5.74, 6) is 0.523. The lowest BCUT2D eigenvalue weighted by Gasteiger charge is -2.12. The molecule has 0 N–H and O–H groups in total. The quantitative estimate of drug-likeness (QED) is 0.336. The molecule has 0 bridgehead atoms. The van der Waals surface area contributed by atoms with Crippen molar-refractivity contribution in [2.24, 2.45) is 5.41 Å². The molecule has 0 spiro atoms. The minimum Gasteiger partial charge on any atom is -0.497 e. The Morgan fingerprint density at radius 2 is 1.89 bits per heavy atom. The van der Waals surface area contributed by atoms with Gasteiger partial charge in [0.2, 0.25) is 0 Å². The first-order chi connectivity index (χ1) is 9.05. The van der Waals surface area contributed by atoms with Gasteiger partial charge < -0.3 is 14.3 Å². The maximum atomic E-state index is 11.9. The van der Waals surface area contributed by atoms with Gasteiger partial charge in [0.05, 0.1) is 12.5 Å². The van der Waals surface area contributed by atoms with Crippen LogP contribution >= 0.6 is 0 Å². The van der Waals surface area contributed by atoms with E-state index in [-0.39, 0.29) is 6.61 Å². The lowest BCUT2D eigenvalue weighted by molar-refractivity contribution is -0.759. The Morgan fingerprint density at radius 3 is 2.37 bits per heavy atom. The normalized spacial score (nSPS) is 15.4. The van der Waals surface area contributed by atoms with E-state index in [9.17, 15) is 14.9 Å². The zero-order valence-corrected chi connectivity index (χ0v) is 10.3. The summed E-state index contributed by atoms with van der Waals surface area (Å²) < 4.78 is 10.2. The Morgan fingerprint density at radius 1 is 1.32 bits per heavy atom. The smallest absolute Gasteiger partial charge is 0.319 e. The number of carbonyl (C=O) groups excluding carboxylic acids is 1. The maximum Gasteiger partial charge on any atom is 0.319 e. The molecule has 1 aromatic rings. The van der Waals surface area contributed by atoms with E-state index in [1.165, 1.54) is 7.11 Å². The van der Waals surface area contributed by atoms with Crippen molar-refractivity contribution in [1.82, 2.24) is 0 Å². The van der Waals surface area contributed by atoms with Crippen LogP contribution in [-0.4, -0.2) is 24.8 Å². The van der Waals surface area contributed by atoms with Crippen molar-refractivity contribution in [3.63, 3.8) is 0 Å². The molecular weight excluding hydrogens is 254 g/mol. The number of esters is 1. The number of benzene rings is 1. The van der Waals surface area contributed by atoms with Crippen LogP contribution in [0.5, 0.6) is 11.5 Å². The van der Waals surface area contributed by atoms with Gasteiger partial charge in [0.1, 0.15) is 18.1 Å². The zero-order valence-electron chi connectivity index (χ0n) is 10.3. The van der Waals surface area contributed by atoms with Crippen LogP contribution in [0.3, 0.4) is 0 Å². The van der Waals surface area contributed by atoms with Gasteiger partial charge >= 0.3 is 5.97 Å². The molecule has 7 heteroatoms. The third-order valence-corrected chi connectivity index (χ3v) is 3.00. The average Bonchev–Trinajstić information content (AvgIpc) is 3.18. The van der Waals surface area contributed by atoms with Crippen LogP contribution in [0.2, 0.25) is 0 Å². The molecule has 0 amide bonds. The van der Waals surface area contributed by atoms with Crippen LogP contribution in [-0.2, 0) is 9.63 Å². The summed E-state index contributed by atoms with van der Waals surface area (Å²) in [4.78, 5) is 26.3. The van der Waals surface area contributed by atoms with Crippen molar-refractivity contribution in [3.8, 4) is 11.5 Å². The van der Waals surface area contributed by atoms with E-state index in [1.807, 2.05) is 0 Å². The van der Waals surface area contributed by atoms with Gasteiger partial charge in [-0.1, -0.05) is 0 Å². The Bertz CT molecular complexity index is 479. The van der Waals surface area contributed by atoms with Gasteiger partial charge in [-0.2, -0.15) is 0 Å². The molecule has 0 unspecified atom stereocenters. The summed E-state index contributed by atoms with van der Waals surface area (Å²) >= 11 is 0. The Hall–Kier alpha value is -2.31. The fourth-order valence-electron chi connectivity index (χ4n) is 1.59. The molecule has 1 saturated carbocycles. The first-order valence-corrected chi connectivity index (χ1v) is 5.69. The second-order valence-corrected chi connectivity index (χ2v) is 4.34. The molecule has 1 fully saturated rings. The lowest BCUT2D eigenvalue weighted by Crippen LogP contribution is -2.27. The van der Waals surface area contributed by atoms with Gasteiger partial charge in [0, 0.05) is 0 Å². The highest BCUT2D eigenvalue weighted by molar-refractivity contribution is 5.82. The van der Waals surface area contributed by atoms with E-state index in [2.05, 4.69) is 4.84 Å². The van der Waals surface area contributed by atoms with E-state index >= 15 is 0 Å². The number of ether oxygens (including phenoxy) is 2. The molecule has 1 aliphatic rings. The van der Waals surface area contributed by atoms with Gasteiger partial charge in [-0.15, -0.1) is 10.1 Å². The monoisotopic (exact) mass is 267 g/mol. The largest absolute Gasteiger partial charge is 0.497 e. The minimum atomic E-state index is -0.902. The number of methoxy groups -OCH3 is 1. The van der Waals surface area contributed by atoms with Gasteiger partial charge in [-0.3, -0.25) is 4.79 Å². The van der Waals surface area contributed by atoms with Crippen molar-refractivity contribution < 1.29 is 24.2 Å². The van der Waals surface area contributed by atoms with Crippen LogP contribution in [0, 0.1) is 15.5 Å². The zero-order chi connectivity index (χ0) is 13.9. The molecule has 2 rings (SSSR count). The van der Waals surface area contributed by atoms with E-state index in [0.29, 0.717) is 24.3 Å². The predicted octanol–water partition coefficient (Wildman–Crippen LogP) is 1.59. The Kier molecular flexibility index (Phi) is 3.55. The van der Waals surface area contributed by atoms with Crippen LogP contribution in [0.15, 0.2) is 24.3 Å². The summed E-state index contributed by atoms with van der Waals surface area (Å²) in [6, 6.07) is 6.52. The molecule has 1 aliphatic carbocycles. The second-order valence-electron chi connectivity index (χ2n) is 4.34. The molecular formula is C12H13NO6. The fraction of sp³-hybridized carbons (Fsp3) is 0.417. The number of hydrogen-bond acceptors (Lipinski definition) is 6. The number of carbonyl (C=O) groups is 1. The Balaban J connectivity index is 1.94. The second kappa shape index (κ2) is 5.13.